The van der Waals surface area contributed by atoms with Crippen molar-refractivity contribution in [2.24, 2.45) is 5.73 Å². The molecule has 0 aromatic heterocycles. The summed E-state index contributed by atoms with van der Waals surface area (Å²) in [5, 5.41) is 0. The molecule has 1 nitrogen and oxygen atoms in total. The maximum atomic E-state index is 5.52. The zero-order valence-corrected chi connectivity index (χ0v) is 7.09. The molecule has 1 heteroatoms. The maximum absolute atomic E-state index is 5.52. The highest BCUT2D eigenvalue weighted by Gasteiger charge is 1.93. The standard InChI is InChI=1S/C11H13N/c1-3-4-10-5-7-11(8-6-10)9(2)12/h3,5-8H,1-2,4,12H2. The van der Waals surface area contributed by atoms with Gasteiger partial charge in [0.15, 0.2) is 0 Å². The first-order valence-electron chi connectivity index (χ1n) is 3.88. The largest absolute Gasteiger partial charge is 0.399 e. The second kappa shape index (κ2) is 3.77. The first kappa shape index (κ1) is 8.60. The van der Waals surface area contributed by atoms with Crippen LogP contribution in [0.2, 0.25) is 0 Å². The molecule has 1 rings (SSSR count). The first-order valence-corrected chi connectivity index (χ1v) is 3.88. The van der Waals surface area contributed by atoms with Gasteiger partial charge in [-0.15, -0.1) is 6.58 Å². The van der Waals surface area contributed by atoms with E-state index >= 15 is 0 Å². The Morgan fingerprint density at radius 3 is 2.33 bits per heavy atom. The van der Waals surface area contributed by atoms with E-state index < -0.39 is 0 Å². The lowest BCUT2D eigenvalue weighted by Crippen LogP contribution is -1.93. The van der Waals surface area contributed by atoms with Gasteiger partial charge in [0.25, 0.3) is 0 Å². The molecule has 12 heavy (non-hydrogen) atoms. The average Bonchev–Trinajstić information content (AvgIpc) is 2.06. The Hall–Kier alpha value is -1.50. The lowest BCUT2D eigenvalue weighted by molar-refractivity contribution is 1.27. The fraction of sp³-hybridized carbons (Fsp3) is 0.0909. The summed E-state index contributed by atoms with van der Waals surface area (Å²) in [6.45, 7) is 7.33. The van der Waals surface area contributed by atoms with Gasteiger partial charge in [-0.05, 0) is 17.5 Å². The quantitative estimate of drug-likeness (QED) is 0.673. The molecule has 0 saturated carbocycles. The van der Waals surface area contributed by atoms with Crippen molar-refractivity contribution in [1.29, 1.82) is 0 Å². The number of hydrogen-bond acceptors (Lipinski definition) is 1. The molecule has 0 aliphatic heterocycles. The monoisotopic (exact) mass is 159 g/mol. The normalized spacial score (nSPS) is 9.33. The summed E-state index contributed by atoms with van der Waals surface area (Å²) in [6, 6.07) is 8.02. The van der Waals surface area contributed by atoms with Crippen molar-refractivity contribution >= 4 is 5.70 Å². The number of benzene rings is 1. The Labute approximate surface area is 73.2 Å². The van der Waals surface area contributed by atoms with Crippen LogP contribution in [0.3, 0.4) is 0 Å². The molecule has 62 valence electrons. The molecule has 0 bridgehead atoms. The summed E-state index contributed by atoms with van der Waals surface area (Å²) in [5.74, 6) is 0. The Morgan fingerprint density at radius 1 is 1.33 bits per heavy atom. The molecule has 2 N–H and O–H groups in total. The Morgan fingerprint density at radius 2 is 1.92 bits per heavy atom. The zero-order valence-electron chi connectivity index (χ0n) is 7.09. The van der Waals surface area contributed by atoms with Crippen molar-refractivity contribution in [2.75, 3.05) is 0 Å². The minimum Gasteiger partial charge on any atom is -0.399 e. The molecule has 0 unspecified atom stereocenters. The Balaban J connectivity index is 2.85. The van der Waals surface area contributed by atoms with Gasteiger partial charge in [-0.2, -0.15) is 0 Å². The molecule has 0 aliphatic carbocycles. The fourth-order valence-corrected chi connectivity index (χ4v) is 1.02. The maximum Gasteiger partial charge on any atom is 0.0314 e. The number of allylic oxidation sites excluding steroid dienone is 1. The van der Waals surface area contributed by atoms with Crippen molar-refractivity contribution in [3.05, 3.63) is 54.6 Å². The molecule has 0 amide bonds. The summed E-state index contributed by atoms with van der Waals surface area (Å²) in [4.78, 5) is 0. The van der Waals surface area contributed by atoms with Gasteiger partial charge in [-0.1, -0.05) is 36.9 Å². The van der Waals surface area contributed by atoms with E-state index in [2.05, 4.69) is 13.2 Å². The van der Waals surface area contributed by atoms with Gasteiger partial charge in [0.05, 0.1) is 0 Å². The summed E-state index contributed by atoms with van der Waals surface area (Å²) in [5.41, 5.74) is 8.37. The molecule has 1 aromatic carbocycles. The van der Waals surface area contributed by atoms with E-state index in [-0.39, 0.29) is 0 Å². The van der Waals surface area contributed by atoms with Crippen molar-refractivity contribution < 1.29 is 0 Å². The second-order valence-corrected chi connectivity index (χ2v) is 2.71. The molecule has 0 radical (unpaired) electrons. The summed E-state index contributed by atoms with van der Waals surface area (Å²) in [6.07, 6.45) is 2.78. The van der Waals surface area contributed by atoms with Crippen LogP contribution in [0, 0.1) is 0 Å². The van der Waals surface area contributed by atoms with Crippen LogP contribution < -0.4 is 5.73 Å². The smallest absolute Gasteiger partial charge is 0.0314 e. The summed E-state index contributed by atoms with van der Waals surface area (Å²) < 4.78 is 0. The average molecular weight is 159 g/mol. The SMILES string of the molecule is C=CCc1ccc(C(=C)N)cc1. The number of nitrogens with two attached hydrogens (primary N) is 1. The van der Waals surface area contributed by atoms with E-state index in [0.29, 0.717) is 5.70 Å². The van der Waals surface area contributed by atoms with E-state index in [1.165, 1.54) is 5.56 Å². The predicted molar refractivity (Wildman–Crippen MR) is 53.6 cm³/mol. The van der Waals surface area contributed by atoms with E-state index in [0.717, 1.165) is 12.0 Å². The van der Waals surface area contributed by atoms with Crippen LogP contribution >= 0.6 is 0 Å². The molecule has 0 heterocycles. The molecule has 1 aromatic rings. The third-order valence-electron chi connectivity index (χ3n) is 1.70. The second-order valence-electron chi connectivity index (χ2n) is 2.71. The highest BCUT2D eigenvalue weighted by Crippen LogP contribution is 2.09. The third-order valence-corrected chi connectivity index (χ3v) is 1.70. The van der Waals surface area contributed by atoms with Crippen LogP contribution in [0.4, 0.5) is 0 Å². The third kappa shape index (κ3) is 1.99. The van der Waals surface area contributed by atoms with Crippen LogP contribution in [0.25, 0.3) is 5.70 Å². The Bertz CT molecular complexity index is 282. The fourth-order valence-electron chi connectivity index (χ4n) is 1.02. The van der Waals surface area contributed by atoms with Crippen molar-refractivity contribution in [3.63, 3.8) is 0 Å². The molecule has 0 spiro atoms. The number of rotatable bonds is 3. The van der Waals surface area contributed by atoms with E-state index in [1.54, 1.807) is 0 Å². The summed E-state index contributed by atoms with van der Waals surface area (Å²) >= 11 is 0. The lowest BCUT2D eigenvalue weighted by Gasteiger charge is -2.00. The molecular formula is C11H13N. The lowest BCUT2D eigenvalue weighted by atomic mass is 10.1. The first-order chi connectivity index (χ1) is 5.74. The predicted octanol–water partition coefficient (Wildman–Crippen LogP) is 2.34. The van der Waals surface area contributed by atoms with Crippen LogP contribution in [-0.4, -0.2) is 0 Å². The van der Waals surface area contributed by atoms with Crippen molar-refractivity contribution in [2.45, 2.75) is 6.42 Å². The van der Waals surface area contributed by atoms with Gasteiger partial charge in [-0.3, -0.25) is 0 Å². The highest BCUT2D eigenvalue weighted by molar-refractivity contribution is 5.60. The summed E-state index contributed by atoms with van der Waals surface area (Å²) in [7, 11) is 0. The van der Waals surface area contributed by atoms with Crippen LogP contribution in [0.15, 0.2) is 43.5 Å². The van der Waals surface area contributed by atoms with E-state index in [4.69, 9.17) is 5.73 Å². The van der Waals surface area contributed by atoms with Crippen LogP contribution in [0.1, 0.15) is 11.1 Å². The van der Waals surface area contributed by atoms with Gasteiger partial charge in [0, 0.05) is 5.70 Å². The van der Waals surface area contributed by atoms with Gasteiger partial charge >= 0.3 is 0 Å². The highest BCUT2D eigenvalue weighted by atomic mass is 14.6. The van der Waals surface area contributed by atoms with Crippen LogP contribution in [-0.2, 0) is 6.42 Å². The molecule has 0 aliphatic rings. The molecule has 0 atom stereocenters. The minimum atomic E-state index is 0.611. The van der Waals surface area contributed by atoms with Gasteiger partial charge in [0.1, 0.15) is 0 Å². The van der Waals surface area contributed by atoms with Crippen molar-refractivity contribution in [3.8, 4) is 0 Å². The molecular weight excluding hydrogens is 146 g/mol. The number of hydrogen-bond donors (Lipinski definition) is 1. The Kier molecular flexibility index (Phi) is 2.70. The van der Waals surface area contributed by atoms with Crippen LogP contribution in [0.5, 0.6) is 0 Å². The van der Waals surface area contributed by atoms with Crippen molar-refractivity contribution in [1.82, 2.24) is 0 Å². The van der Waals surface area contributed by atoms with E-state index in [9.17, 15) is 0 Å². The van der Waals surface area contributed by atoms with Gasteiger partial charge in [-0.25, -0.2) is 0 Å². The van der Waals surface area contributed by atoms with E-state index in [1.807, 2.05) is 30.3 Å². The molecule has 0 fully saturated rings. The zero-order chi connectivity index (χ0) is 8.97. The molecule has 0 saturated heterocycles. The topological polar surface area (TPSA) is 26.0 Å². The van der Waals surface area contributed by atoms with Gasteiger partial charge < -0.3 is 5.73 Å². The van der Waals surface area contributed by atoms with Gasteiger partial charge in [0.2, 0.25) is 0 Å². The minimum absolute atomic E-state index is 0.611.